The van der Waals surface area contributed by atoms with Crippen LogP contribution in [0.2, 0.25) is 5.02 Å². The van der Waals surface area contributed by atoms with E-state index in [-0.39, 0.29) is 17.2 Å². The molecule has 2 aromatic carbocycles. The number of benzene rings is 2. The average molecular weight is 481 g/mol. The Labute approximate surface area is 190 Å². The van der Waals surface area contributed by atoms with E-state index in [1.165, 1.54) is 12.1 Å². The van der Waals surface area contributed by atoms with Gasteiger partial charge in [0.25, 0.3) is 0 Å². The quantitative estimate of drug-likeness (QED) is 0.536. The highest BCUT2D eigenvalue weighted by Gasteiger charge is 2.28. The first kappa shape index (κ1) is 23.9. The minimum absolute atomic E-state index is 0.0808. The first-order chi connectivity index (χ1) is 15.0. The third kappa shape index (κ3) is 5.17. The summed E-state index contributed by atoms with van der Waals surface area (Å²) < 4.78 is 41.0. The lowest BCUT2D eigenvalue weighted by molar-refractivity contribution is -0.143. The van der Waals surface area contributed by atoms with E-state index < -0.39 is 39.8 Å². The molecule has 2 aromatic rings. The molecule has 0 heterocycles. The molecule has 7 nitrogen and oxygen atoms in total. The highest BCUT2D eigenvalue weighted by Crippen LogP contribution is 2.35. The third-order valence-electron chi connectivity index (χ3n) is 5.12. The maximum atomic E-state index is 13.1. The largest absolute Gasteiger partial charge is 0.480 e. The number of halogens is 2. The van der Waals surface area contributed by atoms with Gasteiger partial charge in [-0.1, -0.05) is 43.7 Å². The Morgan fingerprint density at radius 1 is 1.16 bits per heavy atom. The first-order valence-electron chi connectivity index (χ1n) is 9.79. The van der Waals surface area contributed by atoms with Gasteiger partial charge in [-0.05, 0) is 52.9 Å². The Kier molecular flexibility index (Phi) is 7.02. The van der Waals surface area contributed by atoms with Crippen molar-refractivity contribution in [3.63, 3.8) is 0 Å². The number of rotatable bonds is 8. The summed E-state index contributed by atoms with van der Waals surface area (Å²) in [5.41, 5.74) is 1.66. The van der Waals surface area contributed by atoms with Crippen LogP contribution in [-0.2, 0) is 26.0 Å². The molecule has 2 atom stereocenters. The number of aliphatic carboxylic acids is 1. The van der Waals surface area contributed by atoms with Gasteiger partial charge in [-0.15, -0.1) is 0 Å². The topological polar surface area (TPSA) is 113 Å². The first-order valence-corrected chi connectivity index (χ1v) is 11.6. The maximum absolute atomic E-state index is 13.1. The van der Waals surface area contributed by atoms with E-state index in [9.17, 15) is 27.5 Å². The van der Waals surface area contributed by atoms with Crippen molar-refractivity contribution in [1.82, 2.24) is 10.0 Å². The smallest absolute Gasteiger partial charge is 0.326 e. The normalized spacial score (nSPS) is 16.1. The van der Waals surface area contributed by atoms with Gasteiger partial charge in [-0.2, -0.15) is 4.72 Å². The van der Waals surface area contributed by atoms with Crippen molar-refractivity contribution in [2.24, 2.45) is 5.92 Å². The Balaban J connectivity index is 1.82. The fourth-order valence-corrected chi connectivity index (χ4v) is 4.85. The monoisotopic (exact) mass is 480 g/mol. The number of sulfonamides is 1. The molecule has 0 saturated heterocycles. The lowest BCUT2D eigenvalue weighted by Gasteiger charge is -2.19. The minimum atomic E-state index is -3.93. The van der Waals surface area contributed by atoms with Gasteiger partial charge in [0.05, 0.1) is 17.4 Å². The van der Waals surface area contributed by atoms with E-state index in [4.69, 9.17) is 11.6 Å². The molecular formula is C22H22ClFN2O5S. The van der Waals surface area contributed by atoms with Crippen LogP contribution in [0.25, 0.3) is 6.08 Å². The van der Waals surface area contributed by atoms with E-state index in [0.717, 1.165) is 12.1 Å². The number of hydrogen-bond donors (Lipinski definition) is 3. The van der Waals surface area contributed by atoms with Gasteiger partial charge < -0.3 is 10.4 Å². The van der Waals surface area contributed by atoms with Gasteiger partial charge in [0.15, 0.2) is 0 Å². The van der Waals surface area contributed by atoms with Gasteiger partial charge in [0, 0.05) is 5.02 Å². The van der Waals surface area contributed by atoms with E-state index >= 15 is 0 Å². The Morgan fingerprint density at radius 2 is 1.81 bits per heavy atom. The summed E-state index contributed by atoms with van der Waals surface area (Å²) in [4.78, 5) is 23.8. The second kappa shape index (κ2) is 9.40. The molecule has 0 aliphatic heterocycles. The van der Waals surface area contributed by atoms with Crippen molar-refractivity contribution in [3.05, 3.63) is 70.0 Å². The van der Waals surface area contributed by atoms with Crippen LogP contribution in [0.1, 0.15) is 36.6 Å². The second-order valence-electron chi connectivity index (χ2n) is 7.75. The maximum Gasteiger partial charge on any atom is 0.326 e. The van der Waals surface area contributed by atoms with E-state index in [1.807, 2.05) is 0 Å². The molecule has 1 aliphatic rings. The summed E-state index contributed by atoms with van der Waals surface area (Å²) >= 11 is 6.30. The molecule has 32 heavy (non-hydrogen) atoms. The van der Waals surface area contributed by atoms with Crippen LogP contribution in [0.15, 0.2) is 47.4 Å². The van der Waals surface area contributed by atoms with Gasteiger partial charge in [0.1, 0.15) is 11.9 Å². The molecule has 10 heteroatoms. The van der Waals surface area contributed by atoms with Crippen molar-refractivity contribution in [2.75, 3.05) is 0 Å². The highest BCUT2D eigenvalue weighted by molar-refractivity contribution is 7.89. The number of carbonyl (C=O) groups is 2. The molecule has 0 aromatic heterocycles. The fourth-order valence-electron chi connectivity index (χ4n) is 3.45. The number of fused-ring (bicyclic) bond motifs is 1. The van der Waals surface area contributed by atoms with Crippen molar-refractivity contribution in [1.29, 1.82) is 0 Å². The van der Waals surface area contributed by atoms with Gasteiger partial charge in [-0.3, -0.25) is 4.79 Å². The number of carboxylic acid groups (broad SMARTS) is 1. The molecule has 0 saturated carbocycles. The zero-order valence-electron chi connectivity index (χ0n) is 17.3. The van der Waals surface area contributed by atoms with Crippen molar-refractivity contribution in [2.45, 2.75) is 37.2 Å². The number of carbonyl (C=O) groups excluding carboxylic acids is 1. The fraction of sp³-hybridized carbons (Fsp3) is 0.273. The summed E-state index contributed by atoms with van der Waals surface area (Å²) in [7, 11) is -3.93. The second-order valence-corrected chi connectivity index (χ2v) is 9.87. The number of carboxylic acids is 1. The zero-order chi connectivity index (χ0) is 23.6. The van der Waals surface area contributed by atoms with Crippen LogP contribution in [0.5, 0.6) is 0 Å². The zero-order valence-corrected chi connectivity index (χ0v) is 18.9. The molecule has 0 bridgehead atoms. The van der Waals surface area contributed by atoms with Gasteiger partial charge in [-0.25, -0.2) is 17.6 Å². The van der Waals surface area contributed by atoms with Crippen molar-refractivity contribution < 1.29 is 27.5 Å². The van der Waals surface area contributed by atoms with E-state index in [2.05, 4.69) is 10.0 Å². The molecule has 1 unspecified atom stereocenters. The van der Waals surface area contributed by atoms with Gasteiger partial charge in [0.2, 0.25) is 15.9 Å². The molecule has 0 fully saturated rings. The Bertz CT molecular complexity index is 1180. The molecule has 1 amide bonds. The Hall–Kier alpha value is -2.75. The predicted molar refractivity (Wildman–Crippen MR) is 118 cm³/mol. The number of amides is 1. The van der Waals surface area contributed by atoms with E-state index in [0.29, 0.717) is 21.7 Å². The van der Waals surface area contributed by atoms with Crippen molar-refractivity contribution >= 4 is 39.6 Å². The summed E-state index contributed by atoms with van der Waals surface area (Å²) in [6.45, 7) is 3.37. The van der Waals surface area contributed by atoms with Crippen molar-refractivity contribution in [3.8, 4) is 0 Å². The average Bonchev–Trinajstić information content (AvgIpc) is 3.10. The molecule has 0 radical (unpaired) electrons. The lowest BCUT2D eigenvalue weighted by Crippen LogP contribution is -2.45. The molecular weight excluding hydrogens is 459 g/mol. The predicted octanol–water partition coefficient (Wildman–Crippen LogP) is 3.29. The lowest BCUT2D eigenvalue weighted by atomic mass is 9.98. The highest BCUT2D eigenvalue weighted by atomic mass is 35.5. The van der Waals surface area contributed by atoms with Crippen LogP contribution in [0, 0.1) is 11.7 Å². The minimum Gasteiger partial charge on any atom is -0.480 e. The van der Waals surface area contributed by atoms with Gasteiger partial charge >= 0.3 is 5.97 Å². The number of nitrogens with one attached hydrogen (secondary N) is 2. The number of hydrogen-bond acceptors (Lipinski definition) is 4. The SMILES string of the molecule is CC(C)[C@@H](NC(=O)Cc1c(Cl)ccc2c1C=CC2NS(=O)(=O)c1ccc(F)cc1)C(=O)O. The van der Waals surface area contributed by atoms with Crippen LogP contribution in [-0.4, -0.2) is 31.4 Å². The molecule has 3 N–H and O–H groups in total. The van der Waals surface area contributed by atoms with Crippen LogP contribution >= 0.6 is 11.6 Å². The summed E-state index contributed by atoms with van der Waals surface area (Å²) in [6, 6.07) is 5.93. The third-order valence-corrected chi connectivity index (χ3v) is 6.93. The van der Waals surface area contributed by atoms with Crippen LogP contribution < -0.4 is 10.0 Å². The summed E-state index contributed by atoms with van der Waals surface area (Å²) in [5.74, 6) is -2.49. The standard InChI is InChI=1S/C22H22ClFN2O5S/c1-12(2)21(22(28)29)25-20(27)11-17-15-8-10-19(16(15)7-9-18(17)23)26-32(30,31)14-5-3-13(24)4-6-14/h3-10,12,19,21,26H,11H2,1-2H3,(H,25,27)(H,28,29)/t19?,21-/m1/s1. The summed E-state index contributed by atoms with van der Waals surface area (Å²) in [6.07, 6.45) is 3.12. The Morgan fingerprint density at radius 3 is 2.41 bits per heavy atom. The van der Waals surface area contributed by atoms with Crippen LogP contribution in [0.4, 0.5) is 4.39 Å². The summed E-state index contributed by atoms with van der Waals surface area (Å²) in [5, 5.41) is 12.1. The molecule has 1 aliphatic carbocycles. The van der Waals surface area contributed by atoms with E-state index in [1.54, 1.807) is 38.1 Å². The van der Waals surface area contributed by atoms with Crippen LogP contribution in [0.3, 0.4) is 0 Å². The molecule has 3 rings (SSSR count). The molecule has 0 spiro atoms. The molecule has 170 valence electrons.